The number of rotatable bonds is 3. The molecule has 0 aliphatic carbocycles. The number of carboxylic acids is 1. The molecule has 0 aliphatic heterocycles. The minimum atomic E-state index is -0.990. The number of hydrogen-bond donors (Lipinski definition) is 2. The summed E-state index contributed by atoms with van der Waals surface area (Å²) in [6, 6.07) is 10.3. The summed E-state index contributed by atoms with van der Waals surface area (Å²) in [5.74, 6) is -1.23. The number of anilines is 1. The Balaban J connectivity index is 2.13. The lowest BCUT2D eigenvalue weighted by Crippen LogP contribution is -2.10. The Morgan fingerprint density at radius 3 is 2.61 bits per heavy atom. The largest absolute Gasteiger partial charge is 0.477 e. The molecule has 5 heteroatoms. The Morgan fingerprint density at radius 2 is 2.00 bits per heavy atom. The maximum Gasteiger partial charge on any atom is 0.345 e. The monoisotopic (exact) mass is 261 g/mol. The van der Waals surface area contributed by atoms with Gasteiger partial charge < -0.3 is 10.4 Å². The van der Waals surface area contributed by atoms with E-state index in [2.05, 4.69) is 5.32 Å². The molecule has 4 nitrogen and oxygen atoms in total. The molecule has 0 aliphatic rings. The topological polar surface area (TPSA) is 66.4 Å². The number of aryl methyl sites for hydroxylation is 1. The fraction of sp³-hybridized carbons (Fsp3) is 0.0769. The number of thiophene rings is 1. The average molecular weight is 261 g/mol. The van der Waals surface area contributed by atoms with E-state index in [-0.39, 0.29) is 10.8 Å². The molecule has 0 fully saturated rings. The summed E-state index contributed by atoms with van der Waals surface area (Å²) in [5, 5.41) is 12.0. The van der Waals surface area contributed by atoms with Crippen molar-refractivity contribution in [3.05, 3.63) is 52.4 Å². The minimum Gasteiger partial charge on any atom is -0.477 e. The molecule has 0 unspecified atom stereocenters. The van der Waals surface area contributed by atoms with Gasteiger partial charge in [-0.25, -0.2) is 4.79 Å². The molecule has 1 amide bonds. The summed E-state index contributed by atoms with van der Waals surface area (Å²) < 4.78 is 0. The number of amides is 1. The molecule has 2 rings (SSSR count). The zero-order valence-corrected chi connectivity index (χ0v) is 10.5. The summed E-state index contributed by atoms with van der Waals surface area (Å²) in [5.41, 5.74) is 1.56. The van der Waals surface area contributed by atoms with Gasteiger partial charge in [-0.05, 0) is 31.2 Å². The highest BCUT2D eigenvalue weighted by molar-refractivity contribution is 7.18. The van der Waals surface area contributed by atoms with E-state index in [1.165, 1.54) is 6.07 Å². The quantitative estimate of drug-likeness (QED) is 0.892. The summed E-state index contributed by atoms with van der Waals surface area (Å²) in [4.78, 5) is 22.8. The number of benzene rings is 1. The molecule has 0 spiro atoms. The number of carboxylic acid groups (broad SMARTS) is 1. The number of carbonyl (C=O) groups is 2. The SMILES string of the molecule is Cc1cccc(C(=O)Nc2ccc(C(=O)O)s2)c1. The highest BCUT2D eigenvalue weighted by Crippen LogP contribution is 2.22. The van der Waals surface area contributed by atoms with Gasteiger partial charge in [-0.3, -0.25) is 4.79 Å². The highest BCUT2D eigenvalue weighted by Gasteiger charge is 2.10. The molecule has 0 saturated heterocycles. The van der Waals surface area contributed by atoms with Crippen LogP contribution in [0.4, 0.5) is 5.00 Å². The van der Waals surface area contributed by atoms with E-state index in [1.54, 1.807) is 24.3 Å². The van der Waals surface area contributed by atoms with Crippen LogP contribution < -0.4 is 5.32 Å². The van der Waals surface area contributed by atoms with Crippen LogP contribution in [-0.4, -0.2) is 17.0 Å². The first-order valence-electron chi connectivity index (χ1n) is 5.27. The molecule has 0 radical (unpaired) electrons. The van der Waals surface area contributed by atoms with Gasteiger partial charge in [-0.2, -0.15) is 0 Å². The van der Waals surface area contributed by atoms with Crippen LogP contribution in [-0.2, 0) is 0 Å². The summed E-state index contributed by atoms with van der Waals surface area (Å²) in [6.45, 7) is 1.91. The zero-order chi connectivity index (χ0) is 13.1. The third kappa shape index (κ3) is 2.75. The molecule has 0 atom stereocenters. The predicted molar refractivity (Wildman–Crippen MR) is 70.4 cm³/mol. The van der Waals surface area contributed by atoms with Gasteiger partial charge in [0, 0.05) is 5.56 Å². The van der Waals surface area contributed by atoms with Crippen molar-refractivity contribution in [1.82, 2.24) is 0 Å². The van der Waals surface area contributed by atoms with Gasteiger partial charge in [0.2, 0.25) is 0 Å². The molecule has 0 bridgehead atoms. The Kier molecular flexibility index (Phi) is 3.43. The van der Waals surface area contributed by atoms with Gasteiger partial charge in [-0.1, -0.05) is 17.7 Å². The van der Waals surface area contributed by atoms with E-state index in [0.29, 0.717) is 10.6 Å². The molecular weight excluding hydrogens is 250 g/mol. The van der Waals surface area contributed by atoms with Crippen LogP contribution in [0.1, 0.15) is 25.6 Å². The number of hydrogen-bond acceptors (Lipinski definition) is 3. The minimum absolute atomic E-state index is 0.203. The summed E-state index contributed by atoms with van der Waals surface area (Å²) >= 11 is 1.04. The van der Waals surface area contributed by atoms with E-state index in [0.717, 1.165) is 16.9 Å². The van der Waals surface area contributed by atoms with Gasteiger partial charge in [0.1, 0.15) is 4.88 Å². The van der Waals surface area contributed by atoms with Crippen LogP contribution in [0.25, 0.3) is 0 Å². The molecular formula is C13H11NO3S. The second-order valence-electron chi connectivity index (χ2n) is 3.79. The first kappa shape index (κ1) is 12.3. The molecule has 2 N–H and O–H groups in total. The Bertz CT molecular complexity index is 604. The van der Waals surface area contributed by atoms with E-state index in [4.69, 9.17) is 5.11 Å². The number of nitrogens with one attached hydrogen (secondary N) is 1. The molecule has 1 aromatic heterocycles. The molecule has 2 aromatic rings. The molecule has 92 valence electrons. The predicted octanol–water partition coefficient (Wildman–Crippen LogP) is 3.01. The smallest absolute Gasteiger partial charge is 0.345 e. The van der Waals surface area contributed by atoms with Gasteiger partial charge >= 0.3 is 5.97 Å². The number of aromatic carboxylic acids is 1. The fourth-order valence-electron chi connectivity index (χ4n) is 1.49. The number of carbonyl (C=O) groups excluding carboxylic acids is 1. The third-order valence-electron chi connectivity index (χ3n) is 2.33. The Hall–Kier alpha value is -2.14. The second kappa shape index (κ2) is 5.01. The van der Waals surface area contributed by atoms with Crippen molar-refractivity contribution >= 4 is 28.2 Å². The van der Waals surface area contributed by atoms with Gasteiger partial charge in [0.15, 0.2) is 0 Å². The fourth-order valence-corrected chi connectivity index (χ4v) is 2.23. The first-order valence-corrected chi connectivity index (χ1v) is 6.09. The lowest BCUT2D eigenvalue weighted by molar-refractivity contribution is 0.0702. The normalized spacial score (nSPS) is 10.1. The van der Waals surface area contributed by atoms with Crippen LogP contribution in [0.5, 0.6) is 0 Å². The summed E-state index contributed by atoms with van der Waals surface area (Å²) in [7, 11) is 0. The van der Waals surface area contributed by atoms with Crippen molar-refractivity contribution in [1.29, 1.82) is 0 Å². The van der Waals surface area contributed by atoms with Crippen LogP contribution in [0.15, 0.2) is 36.4 Å². The second-order valence-corrected chi connectivity index (χ2v) is 4.88. The first-order chi connectivity index (χ1) is 8.56. The third-order valence-corrected chi connectivity index (χ3v) is 3.32. The van der Waals surface area contributed by atoms with Crippen LogP contribution in [0.2, 0.25) is 0 Å². The molecule has 0 saturated carbocycles. The van der Waals surface area contributed by atoms with Gasteiger partial charge in [0.05, 0.1) is 5.00 Å². The van der Waals surface area contributed by atoms with Gasteiger partial charge in [0.25, 0.3) is 5.91 Å². The van der Waals surface area contributed by atoms with Crippen molar-refractivity contribution in [3.63, 3.8) is 0 Å². The maximum atomic E-state index is 11.9. The molecule has 1 aromatic carbocycles. The Labute approximate surface area is 108 Å². The van der Waals surface area contributed by atoms with Crippen LogP contribution in [0, 0.1) is 6.92 Å². The summed E-state index contributed by atoms with van der Waals surface area (Å²) in [6.07, 6.45) is 0. The van der Waals surface area contributed by atoms with Crippen molar-refractivity contribution in [2.75, 3.05) is 5.32 Å². The maximum absolute atomic E-state index is 11.9. The average Bonchev–Trinajstić information content (AvgIpc) is 2.77. The Morgan fingerprint density at radius 1 is 1.22 bits per heavy atom. The van der Waals surface area contributed by atoms with Crippen LogP contribution in [0.3, 0.4) is 0 Å². The molecule has 1 heterocycles. The molecule has 18 heavy (non-hydrogen) atoms. The van der Waals surface area contributed by atoms with Gasteiger partial charge in [-0.15, -0.1) is 11.3 Å². The van der Waals surface area contributed by atoms with E-state index < -0.39 is 5.97 Å². The van der Waals surface area contributed by atoms with Crippen molar-refractivity contribution < 1.29 is 14.7 Å². The zero-order valence-electron chi connectivity index (χ0n) is 9.64. The highest BCUT2D eigenvalue weighted by atomic mass is 32.1. The van der Waals surface area contributed by atoms with Crippen molar-refractivity contribution in [2.45, 2.75) is 6.92 Å². The van der Waals surface area contributed by atoms with Crippen LogP contribution >= 0.6 is 11.3 Å². The lowest BCUT2D eigenvalue weighted by Gasteiger charge is -2.03. The van der Waals surface area contributed by atoms with E-state index in [1.807, 2.05) is 13.0 Å². The van der Waals surface area contributed by atoms with E-state index in [9.17, 15) is 9.59 Å². The van der Waals surface area contributed by atoms with Crippen molar-refractivity contribution in [3.8, 4) is 0 Å². The standard InChI is InChI=1S/C13H11NO3S/c1-8-3-2-4-9(7-8)12(15)14-11-6-5-10(18-11)13(16)17/h2-7H,1H3,(H,14,15)(H,16,17). The van der Waals surface area contributed by atoms with Crippen molar-refractivity contribution in [2.24, 2.45) is 0 Å². The lowest BCUT2D eigenvalue weighted by atomic mass is 10.1. The van der Waals surface area contributed by atoms with E-state index >= 15 is 0 Å².